The Morgan fingerprint density at radius 1 is 0.525 bits per heavy atom. The number of hydrogen-bond acceptors (Lipinski definition) is 10. The van der Waals surface area contributed by atoms with Crippen LogP contribution >= 0.6 is 15.9 Å². The van der Waals surface area contributed by atoms with Crippen LogP contribution in [-0.4, -0.2) is 87.0 Å². The lowest BCUT2D eigenvalue weighted by molar-refractivity contribution is 0.00624. The van der Waals surface area contributed by atoms with E-state index in [-0.39, 0.29) is 52.2 Å². The van der Waals surface area contributed by atoms with Crippen molar-refractivity contribution in [1.29, 1.82) is 0 Å². The predicted octanol–water partition coefficient (Wildman–Crippen LogP) is 9.76. The molecule has 0 atom stereocenters. The van der Waals surface area contributed by atoms with Crippen molar-refractivity contribution < 1.29 is 27.9 Å². The number of rotatable bonds is 12. The Morgan fingerprint density at radius 3 is 1.14 bits per heavy atom. The number of nitrogens with zero attached hydrogens (tertiary/aromatic N) is 2. The topological polar surface area (TPSA) is 114 Å². The maximum absolute atomic E-state index is 6.38. The van der Waals surface area contributed by atoms with Crippen LogP contribution in [0.25, 0.3) is 0 Å². The first kappa shape index (κ1) is 55.1. The van der Waals surface area contributed by atoms with Crippen LogP contribution in [0.5, 0.6) is 0 Å². The second-order valence-corrected chi connectivity index (χ2v) is 21.2. The van der Waals surface area contributed by atoms with Crippen molar-refractivity contribution >= 4 is 65.3 Å². The fourth-order valence-corrected chi connectivity index (χ4v) is 7.11. The van der Waals surface area contributed by atoms with Crippen LogP contribution in [0.15, 0.2) is 40.9 Å². The van der Waals surface area contributed by atoms with E-state index in [9.17, 15) is 0 Å². The minimum Gasteiger partial charge on any atom is -0.413 e. The minimum absolute atomic E-state index is 0. The highest BCUT2D eigenvalue weighted by molar-refractivity contribution is 9.10. The van der Waals surface area contributed by atoms with Gasteiger partial charge in [0.2, 0.25) is 0 Å². The molecule has 5 rings (SSSR count). The number of anilines is 4. The third-order valence-electron chi connectivity index (χ3n) is 9.36. The molecule has 3 fully saturated rings. The maximum Gasteiger partial charge on any atom is 0.493 e. The molecule has 0 aliphatic carbocycles. The summed E-state index contributed by atoms with van der Waals surface area (Å²) in [6.07, 6.45) is 0. The summed E-state index contributed by atoms with van der Waals surface area (Å²) >= 11 is 3.45. The molecule has 0 aromatic heterocycles. The molecule has 4 N–H and O–H groups in total. The van der Waals surface area contributed by atoms with E-state index >= 15 is 0 Å². The number of halogens is 1. The van der Waals surface area contributed by atoms with Crippen molar-refractivity contribution in [3.05, 3.63) is 40.9 Å². The van der Waals surface area contributed by atoms with Crippen LogP contribution in [0.4, 0.5) is 22.7 Å². The molecule has 3 heterocycles. The zero-order valence-electron chi connectivity index (χ0n) is 38.0. The zero-order valence-corrected chi connectivity index (χ0v) is 39.5. The van der Waals surface area contributed by atoms with Crippen molar-refractivity contribution in [3.63, 3.8) is 0 Å². The lowest BCUT2D eigenvalue weighted by Crippen LogP contribution is -2.56. The average Bonchev–Trinajstić information content (AvgIpc) is 3.08. The first-order valence-corrected chi connectivity index (χ1v) is 21.9. The molecule has 14 heteroatoms. The minimum atomic E-state index is -0.371. The molecule has 59 heavy (non-hydrogen) atoms. The molecule has 10 nitrogen and oxygen atoms in total. The second kappa shape index (κ2) is 24.6. The third-order valence-corrected chi connectivity index (χ3v) is 9.86. The zero-order chi connectivity index (χ0) is 42.7. The van der Waals surface area contributed by atoms with Gasteiger partial charge in [-0.25, -0.2) is 0 Å². The molecule has 0 unspecified atom stereocenters. The van der Waals surface area contributed by atoms with Gasteiger partial charge in [-0.15, -0.1) is 0 Å². The van der Waals surface area contributed by atoms with E-state index in [1.165, 1.54) is 0 Å². The fraction of sp³-hybridized carbons (Fsp3) is 0.733. The quantitative estimate of drug-likeness (QED) is 0.158. The van der Waals surface area contributed by atoms with Crippen molar-refractivity contribution in [2.75, 3.05) is 87.1 Å². The van der Waals surface area contributed by atoms with E-state index in [0.29, 0.717) is 63.3 Å². The van der Waals surface area contributed by atoms with Crippen molar-refractivity contribution in [2.24, 2.45) is 39.9 Å². The lowest BCUT2D eigenvalue weighted by atomic mass is 9.47. The van der Waals surface area contributed by atoms with Crippen LogP contribution in [0.2, 0.25) is 0 Å². The summed E-state index contributed by atoms with van der Waals surface area (Å²) in [7, 11) is -1.05. The van der Waals surface area contributed by atoms with Gasteiger partial charge in [0.05, 0.1) is 22.7 Å². The first-order chi connectivity index (χ1) is 26.5. The summed E-state index contributed by atoms with van der Waals surface area (Å²) in [5.41, 5.74) is 17.6. The fourth-order valence-electron chi connectivity index (χ4n) is 6.74. The Bertz CT molecular complexity index is 1440. The van der Waals surface area contributed by atoms with E-state index < -0.39 is 0 Å². The highest BCUT2D eigenvalue weighted by Crippen LogP contribution is 2.30. The number of benzene rings is 2. The van der Waals surface area contributed by atoms with Gasteiger partial charge in [0.15, 0.2) is 0 Å². The molecule has 3 aliphatic heterocycles. The Labute approximate surface area is 371 Å². The predicted molar refractivity (Wildman–Crippen MR) is 261 cm³/mol. The Balaban J connectivity index is 0.000000447. The van der Waals surface area contributed by atoms with Crippen LogP contribution in [-0.2, 0) is 27.9 Å². The van der Waals surface area contributed by atoms with E-state index in [4.69, 9.17) is 39.4 Å². The summed E-state index contributed by atoms with van der Waals surface area (Å²) in [5.74, 6) is 2.46. The normalized spacial score (nSPS) is 18.3. The molecule has 2 aromatic rings. The Hall–Kier alpha value is -1.93. The molecule has 0 radical (unpaired) electrons. The molecule has 0 amide bonds. The molecule has 0 bridgehead atoms. The van der Waals surface area contributed by atoms with E-state index in [1.807, 2.05) is 12.1 Å². The van der Waals surface area contributed by atoms with Gasteiger partial charge < -0.3 is 49.2 Å². The second-order valence-electron chi connectivity index (χ2n) is 20.3. The molecular formula is C45H84B3BrN4O6. The number of nitrogen functional groups attached to an aromatic ring is 2. The van der Waals surface area contributed by atoms with Crippen LogP contribution in [0, 0.1) is 39.9 Å². The average molecular weight is 890 g/mol. The van der Waals surface area contributed by atoms with Gasteiger partial charge in [-0.05, 0) is 59.5 Å². The van der Waals surface area contributed by atoms with E-state index in [1.54, 1.807) is 0 Å². The SMILES string of the molecule is C.C.CC(C)CN(CC(C)C)c1ccc(B2OCC(C)(C)CO2)cc1N.CC(C)CN(CC(C)C)c1ccc(Br)cc1N.CC1(C)COB(B2OCC(C)(C)CO2)OC1. The molecule has 3 saturated heterocycles. The number of hydrogen-bond donors (Lipinski definition) is 2. The van der Waals surface area contributed by atoms with Gasteiger partial charge in [0, 0.05) is 86.5 Å². The van der Waals surface area contributed by atoms with Crippen LogP contribution in [0.1, 0.15) is 112 Å². The Kier molecular flexibility index (Phi) is 23.0. The van der Waals surface area contributed by atoms with Gasteiger partial charge >= 0.3 is 21.1 Å². The van der Waals surface area contributed by atoms with Gasteiger partial charge in [0.25, 0.3) is 0 Å². The van der Waals surface area contributed by atoms with Gasteiger partial charge in [-0.1, -0.05) is 134 Å². The summed E-state index contributed by atoms with van der Waals surface area (Å²) in [4.78, 5) is 4.78. The van der Waals surface area contributed by atoms with Crippen molar-refractivity contribution in [1.82, 2.24) is 0 Å². The highest BCUT2D eigenvalue weighted by Gasteiger charge is 2.47. The molecule has 0 spiro atoms. The molecule has 0 saturated carbocycles. The van der Waals surface area contributed by atoms with Gasteiger partial charge in [0.1, 0.15) is 0 Å². The van der Waals surface area contributed by atoms with E-state index in [0.717, 1.165) is 58.9 Å². The highest BCUT2D eigenvalue weighted by atomic mass is 79.9. The van der Waals surface area contributed by atoms with Crippen molar-refractivity contribution in [3.8, 4) is 0 Å². The molecule has 2 aromatic carbocycles. The molecule has 336 valence electrons. The van der Waals surface area contributed by atoms with Crippen LogP contribution in [0.3, 0.4) is 0 Å². The summed E-state index contributed by atoms with van der Waals surface area (Å²) in [6, 6.07) is 12.3. The maximum atomic E-state index is 6.38. The smallest absolute Gasteiger partial charge is 0.413 e. The van der Waals surface area contributed by atoms with Gasteiger partial charge in [-0.3, -0.25) is 0 Å². The standard InChI is InChI=1S/C19H33BN2O2.C14H23BrN2.C10H20B2O4.2CH4/c1-14(2)10-22(11-15(3)4)18-8-7-16(9-17(18)21)20-23-12-19(5,6)13-24-20;1-10(2)8-17(9-11(3)4)14-6-5-12(15)7-13(14)16;1-9(2)5-13-11(14-6-9)12-15-7-10(3,4)8-16-12;;/h7-9,14-15H,10-13,21H2,1-6H3;5-7,10-11H,8-9,16H2,1-4H3;5-8H2,1-4H3;2*1H4. The Morgan fingerprint density at radius 2 is 0.831 bits per heavy atom. The van der Waals surface area contributed by atoms with Crippen LogP contribution < -0.4 is 26.7 Å². The summed E-state index contributed by atoms with van der Waals surface area (Å²) < 4.78 is 35.3. The third kappa shape index (κ3) is 19.3. The monoisotopic (exact) mass is 889 g/mol. The lowest BCUT2D eigenvalue weighted by Gasteiger charge is -2.38. The van der Waals surface area contributed by atoms with E-state index in [2.05, 4.69) is 147 Å². The van der Waals surface area contributed by atoms with Crippen molar-refractivity contribution in [2.45, 2.75) is 112 Å². The molecular weight excluding hydrogens is 805 g/mol. The summed E-state index contributed by atoms with van der Waals surface area (Å²) in [5, 5.41) is 0. The first-order valence-electron chi connectivity index (χ1n) is 21.1. The largest absolute Gasteiger partial charge is 0.493 e. The van der Waals surface area contributed by atoms with Gasteiger partial charge in [-0.2, -0.15) is 0 Å². The molecule has 3 aliphatic rings. The number of nitrogens with two attached hydrogens (primary N) is 2. The summed E-state index contributed by atoms with van der Waals surface area (Å²) in [6.45, 7) is 38.9.